The summed E-state index contributed by atoms with van der Waals surface area (Å²) in [4.78, 5) is 11.9. The lowest BCUT2D eigenvalue weighted by molar-refractivity contribution is 0.0956. The number of benzene rings is 1. The van der Waals surface area contributed by atoms with E-state index in [0.717, 1.165) is 11.3 Å². The first kappa shape index (κ1) is 14.9. The van der Waals surface area contributed by atoms with Crippen molar-refractivity contribution in [1.82, 2.24) is 5.32 Å². The van der Waals surface area contributed by atoms with Gasteiger partial charge in [0, 0.05) is 24.9 Å². The van der Waals surface area contributed by atoms with E-state index >= 15 is 0 Å². The van der Waals surface area contributed by atoms with Gasteiger partial charge in [0.25, 0.3) is 5.91 Å². The average Bonchev–Trinajstić information content (AvgIpc) is 3.25. The third kappa shape index (κ3) is 3.73. The molecule has 0 bridgehead atoms. The van der Waals surface area contributed by atoms with Crippen molar-refractivity contribution in [3.05, 3.63) is 29.3 Å². The lowest BCUT2D eigenvalue weighted by Crippen LogP contribution is -2.28. The van der Waals surface area contributed by atoms with Crippen LogP contribution < -0.4 is 10.6 Å². The number of carbonyl (C=O) groups excluding carboxylic acids is 1. The second-order valence-electron chi connectivity index (χ2n) is 5.43. The highest BCUT2D eigenvalue weighted by Crippen LogP contribution is 2.35. The van der Waals surface area contributed by atoms with E-state index in [1.807, 2.05) is 25.1 Å². The van der Waals surface area contributed by atoms with Crippen molar-refractivity contribution in [2.24, 2.45) is 5.92 Å². The summed E-state index contributed by atoms with van der Waals surface area (Å²) in [6, 6.07) is 6.13. The van der Waals surface area contributed by atoms with E-state index in [1.54, 1.807) is 7.11 Å². The largest absolute Gasteiger partial charge is 0.383 e. The second kappa shape index (κ2) is 6.75. The fraction of sp³-hybridized carbons (Fsp3) is 0.562. The Hall–Kier alpha value is -1.55. The van der Waals surface area contributed by atoms with E-state index in [1.165, 1.54) is 12.8 Å². The van der Waals surface area contributed by atoms with Gasteiger partial charge in [-0.15, -0.1) is 0 Å². The highest BCUT2D eigenvalue weighted by Gasteiger charge is 2.31. The predicted molar refractivity (Wildman–Crippen MR) is 81.2 cm³/mol. The molecule has 2 rings (SSSR count). The highest BCUT2D eigenvalue weighted by atomic mass is 16.5. The third-order valence-electron chi connectivity index (χ3n) is 3.72. The number of anilines is 1. The standard InChI is InChI=1S/C16H24N2O2/c1-4-17-16(19)13-6-5-11(2)14(9-13)18-15(10-20-3)12-7-8-12/h5-6,9,12,15,18H,4,7-8,10H2,1-3H3,(H,17,19). The first-order valence-corrected chi connectivity index (χ1v) is 7.30. The van der Waals surface area contributed by atoms with Gasteiger partial charge in [-0.25, -0.2) is 0 Å². The summed E-state index contributed by atoms with van der Waals surface area (Å²) in [7, 11) is 1.73. The van der Waals surface area contributed by atoms with Gasteiger partial charge in [0.2, 0.25) is 0 Å². The Bertz CT molecular complexity index is 470. The molecule has 4 heteroatoms. The average molecular weight is 276 g/mol. The van der Waals surface area contributed by atoms with Gasteiger partial charge in [-0.3, -0.25) is 4.79 Å². The Balaban J connectivity index is 2.12. The maximum atomic E-state index is 11.9. The van der Waals surface area contributed by atoms with Crippen LogP contribution in [-0.2, 0) is 4.74 Å². The summed E-state index contributed by atoms with van der Waals surface area (Å²) in [6.07, 6.45) is 2.52. The van der Waals surface area contributed by atoms with E-state index in [2.05, 4.69) is 17.6 Å². The number of amides is 1. The second-order valence-corrected chi connectivity index (χ2v) is 5.43. The molecule has 0 heterocycles. The topological polar surface area (TPSA) is 50.4 Å². The fourth-order valence-corrected chi connectivity index (χ4v) is 2.35. The maximum Gasteiger partial charge on any atom is 0.251 e. The molecule has 1 unspecified atom stereocenters. The van der Waals surface area contributed by atoms with Gasteiger partial charge in [0.05, 0.1) is 12.6 Å². The molecule has 1 amide bonds. The Morgan fingerprint density at radius 2 is 2.20 bits per heavy atom. The summed E-state index contributed by atoms with van der Waals surface area (Å²) in [5.41, 5.74) is 2.88. The van der Waals surface area contributed by atoms with Crippen molar-refractivity contribution in [2.75, 3.05) is 25.6 Å². The molecule has 1 aromatic rings. The van der Waals surface area contributed by atoms with Crippen LogP contribution >= 0.6 is 0 Å². The molecule has 1 saturated carbocycles. The quantitative estimate of drug-likeness (QED) is 0.805. The highest BCUT2D eigenvalue weighted by molar-refractivity contribution is 5.95. The van der Waals surface area contributed by atoms with Crippen molar-refractivity contribution < 1.29 is 9.53 Å². The Labute approximate surface area is 120 Å². The van der Waals surface area contributed by atoms with E-state index < -0.39 is 0 Å². The summed E-state index contributed by atoms with van der Waals surface area (Å²) in [6.45, 7) is 5.33. The molecule has 110 valence electrons. The third-order valence-corrected chi connectivity index (χ3v) is 3.72. The SMILES string of the molecule is CCNC(=O)c1ccc(C)c(NC(COC)C2CC2)c1. The number of hydrogen-bond acceptors (Lipinski definition) is 3. The lowest BCUT2D eigenvalue weighted by Gasteiger charge is -2.20. The van der Waals surface area contributed by atoms with Crippen LogP contribution in [0.15, 0.2) is 18.2 Å². The van der Waals surface area contributed by atoms with Crippen molar-refractivity contribution in [3.63, 3.8) is 0 Å². The number of methoxy groups -OCH3 is 1. The Kier molecular flexibility index (Phi) is 5.01. The van der Waals surface area contributed by atoms with Crippen LogP contribution in [0.2, 0.25) is 0 Å². The normalized spacial score (nSPS) is 15.8. The molecule has 4 nitrogen and oxygen atoms in total. The summed E-state index contributed by atoms with van der Waals surface area (Å²) < 4.78 is 5.29. The van der Waals surface area contributed by atoms with Gasteiger partial charge in [0.1, 0.15) is 0 Å². The number of hydrogen-bond donors (Lipinski definition) is 2. The van der Waals surface area contributed by atoms with E-state index in [4.69, 9.17) is 4.74 Å². The first-order chi connectivity index (χ1) is 9.65. The molecule has 1 fully saturated rings. The van der Waals surface area contributed by atoms with Gasteiger partial charge in [0.15, 0.2) is 0 Å². The molecular formula is C16H24N2O2. The van der Waals surface area contributed by atoms with Crippen molar-refractivity contribution >= 4 is 11.6 Å². The monoisotopic (exact) mass is 276 g/mol. The maximum absolute atomic E-state index is 11.9. The Morgan fingerprint density at radius 3 is 2.80 bits per heavy atom. The van der Waals surface area contributed by atoms with Crippen LogP contribution in [0.1, 0.15) is 35.7 Å². The summed E-state index contributed by atoms with van der Waals surface area (Å²) in [5, 5.41) is 6.37. The van der Waals surface area contributed by atoms with Crippen LogP contribution in [0.5, 0.6) is 0 Å². The van der Waals surface area contributed by atoms with Gasteiger partial charge in [-0.2, -0.15) is 0 Å². The van der Waals surface area contributed by atoms with Crippen LogP contribution in [0.3, 0.4) is 0 Å². The Morgan fingerprint density at radius 1 is 1.45 bits per heavy atom. The van der Waals surface area contributed by atoms with Gasteiger partial charge in [-0.1, -0.05) is 6.07 Å². The number of nitrogens with one attached hydrogen (secondary N) is 2. The zero-order valence-electron chi connectivity index (χ0n) is 12.5. The summed E-state index contributed by atoms with van der Waals surface area (Å²) in [5.74, 6) is 0.674. The molecule has 0 aliphatic heterocycles. The lowest BCUT2D eigenvalue weighted by atomic mass is 10.1. The van der Waals surface area contributed by atoms with Crippen LogP contribution in [0.25, 0.3) is 0 Å². The van der Waals surface area contributed by atoms with E-state index in [-0.39, 0.29) is 5.91 Å². The molecule has 0 radical (unpaired) electrons. The molecule has 1 atom stereocenters. The minimum absolute atomic E-state index is 0.0229. The summed E-state index contributed by atoms with van der Waals surface area (Å²) >= 11 is 0. The van der Waals surface area contributed by atoms with Gasteiger partial charge >= 0.3 is 0 Å². The molecule has 1 aliphatic carbocycles. The van der Waals surface area contributed by atoms with Crippen LogP contribution in [0.4, 0.5) is 5.69 Å². The molecule has 0 aromatic heterocycles. The van der Waals surface area contributed by atoms with Crippen molar-refractivity contribution in [3.8, 4) is 0 Å². The number of carbonyl (C=O) groups is 1. The zero-order valence-corrected chi connectivity index (χ0v) is 12.5. The molecular weight excluding hydrogens is 252 g/mol. The number of aryl methyl sites for hydroxylation is 1. The minimum Gasteiger partial charge on any atom is -0.383 e. The van der Waals surface area contributed by atoms with Gasteiger partial charge < -0.3 is 15.4 Å². The molecule has 0 spiro atoms. The van der Waals surface area contributed by atoms with E-state index in [0.29, 0.717) is 30.7 Å². The van der Waals surface area contributed by atoms with Crippen molar-refractivity contribution in [1.29, 1.82) is 0 Å². The predicted octanol–water partition coefficient (Wildman–Crippen LogP) is 2.58. The number of rotatable bonds is 7. The smallest absolute Gasteiger partial charge is 0.251 e. The van der Waals surface area contributed by atoms with E-state index in [9.17, 15) is 4.79 Å². The van der Waals surface area contributed by atoms with Crippen molar-refractivity contribution in [2.45, 2.75) is 32.7 Å². The minimum atomic E-state index is -0.0229. The fourth-order valence-electron chi connectivity index (χ4n) is 2.35. The van der Waals surface area contributed by atoms with Crippen LogP contribution in [0, 0.1) is 12.8 Å². The molecule has 0 saturated heterocycles. The van der Waals surface area contributed by atoms with Crippen LogP contribution in [-0.4, -0.2) is 32.2 Å². The van der Waals surface area contributed by atoms with Gasteiger partial charge in [-0.05, 0) is 50.3 Å². The molecule has 1 aliphatic rings. The number of ether oxygens (including phenoxy) is 1. The molecule has 2 N–H and O–H groups in total. The molecule has 1 aromatic carbocycles. The first-order valence-electron chi connectivity index (χ1n) is 7.30. The molecule has 20 heavy (non-hydrogen) atoms. The zero-order chi connectivity index (χ0) is 14.5.